The maximum Gasteiger partial charge on any atom is 0.326 e. The van der Waals surface area contributed by atoms with Gasteiger partial charge in [0.15, 0.2) is 0 Å². The van der Waals surface area contributed by atoms with Gasteiger partial charge in [0.2, 0.25) is 11.8 Å². The predicted molar refractivity (Wildman–Crippen MR) is 99.8 cm³/mol. The number of fused-ring (bicyclic) bond motifs is 1. The van der Waals surface area contributed by atoms with Gasteiger partial charge in [-0.25, -0.2) is 4.79 Å². The van der Waals surface area contributed by atoms with Crippen LogP contribution in [0.15, 0.2) is 29.1 Å². The second-order valence-electron chi connectivity index (χ2n) is 7.23. The van der Waals surface area contributed by atoms with Crippen LogP contribution in [-0.4, -0.2) is 57.3 Å². The molecule has 0 bridgehead atoms. The molecular weight excluding hydrogens is 332 g/mol. The molecule has 0 saturated carbocycles. The first-order valence-corrected chi connectivity index (χ1v) is 9.10. The number of carbonyl (C=O) groups is 2. The van der Waals surface area contributed by atoms with Crippen LogP contribution in [0.2, 0.25) is 0 Å². The highest BCUT2D eigenvalue weighted by Crippen LogP contribution is 2.20. The Morgan fingerprint density at radius 1 is 1.23 bits per heavy atom. The lowest BCUT2D eigenvalue weighted by atomic mass is 9.95. The first kappa shape index (κ1) is 18.2. The predicted octanol–water partition coefficient (Wildman–Crippen LogP) is 1.44. The minimum absolute atomic E-state index is 0.0212. The summed E-state index contributed by atoms with van der Waals surface area (Å²) in [6.45, 7) is 5.12. The van der Waals surface area contributed by atoms with Crippen molar-refractivity contribution in [2.75, 3.05) is 20.1 Å². The fourth-order valence-electron chi connectivity index (χ4n) is 3.42. The summed E-state index contributed by atoms with van der Waals surface area (Å²) >= 11 is 0. The van der Waals surface area contributed by atoms with Crippen LogP contribution in [-0.2, 0) is 16.1 Å². The number of aromatic nitrogens is 2. The van der Waals surface area contributed by atoms with E-state index in [0.29, 0.717) is 25.9 Å². The molecule has 2 heterocycles. The van der Waals surface area contributed by atoms with Crippen LogP contribution < -0.4 is 5.69 Å². The third-order valence-electron chi connectivity index (χ3n) is 5.29. The van der Waals surface area contributed by atoms with Crippen LogP contribution in [0.3, 0.4) is 0 Å². The number of aromatic amines is 1. The number of rotatable bonds is 4. The number of nitrogens with zero attached hydrogens (tertiary/aromatic N) is 3. The zero-order valence-corrected chi connectivity index (χ0v) is 15.6. The summed E-state index contributed by atoms with van der Waals surface area (Å²) in [5, 5.41) is 0. The van der Waals surface area contributed by atoms with Gasteiger partial charge >= 0.3 is 5.69 Å². The van der Waals surface area contributed by atoms with Crippen molar-refractivity contribution in [3.8, 4) is 0 Å². The van der Waals surface area contributed by atoms with E-state index in [2.05, 4.69) is 4.98 Å². The van der Waals surface area contributed by atoms with Crippen molar-refractivity contribution in [1.82, 2.24) is 19.4 Å². The second kappa shape index (κ2) is 7.35. The lowest BCUT2D eigenvalue weighted by Gasteiger charge is -2.34. The van der Waals surface area contributed by atoms with Crippen LogP contribution in [0.25, 0.3) is 11.0 Å². The average Bonchev–Trinajstić information content (AvgIpc) is 2.96. The number of piperidine rings is 1. The van der Waals surface area contributed by atoms with E-state index >= 15 is 0 Å². The molecule has 1 aromatic carbocycles. The number of hydrogen-bond donors (Lipinski definition) is 1. The maximum absolute atomic E-state index is 12.6. The van der Waals surface area contributed by atoms with Gasteiger partial charge in [-0.1, -0.05) is 12.1 Å². The van der Waals surface area contributed by atoms with Crippen molar-refractivity contribution in [3.63, 3.8) is 0 Å². The van der Waals surface area contributed by atoms with E-state index in [0.717, 1.165) is 11.0 Å². The molecule has 0 atom stereocenters. The van der Waals surface area contributed by atoms with Gasteiger partial charge in [-0.05, 0) is 38.8 Å². The van der Waals surface area contributed by atoms with Gasteiger partial charge in [-0.2, -0.15) is 0 Å². The van der Waals surface area contributed by atoms with Crippen molar-refractivity contribution >= 4 is 22.8 Å². The monoisotopic (exact) mass is 358 g/mol. The van der Waals surface area contributed by atoms with E-state index in [9.17, 15) is 14.4 Å². The Morgan fingerprint density at radius 3 is 2.54 bits per heavy atom. The highest BCUT2D eigenvalue weighted by molar-refractivity contribution is 5.82. The van der Waals surface area contributed by atoms with Crippen molar-refractivity contribution < 1.29 is 9.59 Å². The first-order chi connectivity index (χ1) is 12.4. The van der Waals surface area contributed by atoms with Crippen molar-refractivity contribution in [2.45, 2.75) is 39.3 Å². The molecule has 0 spiro atoms. The van der Waals surface area contributed by atoms with Crippen LogP contribution in [0.5, 0.6) is 0 Å². The molecule has 0 unspecified atom stereocenters. The molecule has 0 aliphatic carbocycles. The zero-order valence-electron chi connectivity index (χ0n) is 15.6. The van der Waals surface area contributed by atoms with Crippen molar-refractivity contribution in [2.24, 2.45) is 5.92 Å². The topological polar surface area (TPSA) is 78.4 Å². The Morgan fingerprint density at radius 2 is 1.88 bits per heavy atom. The molecule has 140 valence electrons. The summed E-state index contributed by atoms with van der Waals surface area (Å²) in [5.74, 6) is 0.0437. The summed E-state index contributed by atoms with van der Waals surface area (Å²) in [6, 6.07) is 7.52. The van der Waals surface area contributed by atoms with E-state index in [1.807, 2.05) is 45.2 Å². The molecule has 1 aliphatic heterocycles. The first-order valence-electron chi connectivity index (χ1n) is 9.10. The van der Waals surface area contributed by atoms with E-state index in [-0.39, 0.29) is 36.0 Å². The van der Waals surface area contributed by atoms with Gasteiger partial charge in [0, 0.05) is 32.1 Å². The molecule has 2 amide bonds. The number of benzene rings is 1. The molecule has 1 aliphatic rings. The number of H-pyrrole nitrogens is 1. The summed E-state index contributed by atoms with van der Waals surface area (Å²) in [6.07, 6.45) is 1.34. The molecule has 7 heteroatoms. The SMILES string of the molecule is CC(C)N(C)C(=O)C1CCN(C(=O)Cn2c(=O)[nH]c3ccccc32)CC1. The number of para-hydroxylation sites is 2. The number of imidazole rings is 1. The van der Waals surface area contributed by atoms with Gasteiger partial charge in [0.25, 0.3) is 0 Å². The minimum Gasteiger partial charge on any atom is -0.343 e. The Labute approximate surface area is 152 Å². The van der Waals surface area contributed by atoms with Gasteiger partial charge in [0.05, 0.1) is 11.0 Å². The largest absolute Gasteiger partial charge is 0.343 e. The highest BCUT2D eigenvalue weighted by atomic mass is 16.2. The molecule has 3 rings (SSSR count). The van der Waals surface area contributed by atoms with Gasteiger partial charge < -0.3 is 14.8 Å². The summed E-state index contributed by atoms with van der Waals surface area (Å²) in [7, 11) is 1.83. The molecule has 1 N–H and O–H groups in total. The fraction of sp³-hybridized carbons (Fsp3) is 0.526. The second-order valence-corrected chi connectivity index (χ2v) is 7.23. The fourth-order valence-corrected chi connectivity index (χ4v) is 3.42. The molecule has 2 aromatic rings. The highest BCUT2D eigenvalue weighted by Gasteiger charge is 2.30. The maximum atomic E-state index is 12.6. The Balaban J connectivity index is 1.63. The molecule has 26 heavy (non-hydrogen) atoms. The summed E-state index contributed by atoms with van der Waals surface area (Å²) in [5.41, 5.74) is 1.18. The summed E-state index contributed by atoms with van der Waals surface area (Å²) in [4.78, 5) is 43.5. The Hall–Kier alpha value is -2.57. The number of carbonyl (C=O) groups excluding carboxylic acids is 2. The van der Waals surface area contributed by atoms with Crippen molar-refractivity contribution in [1.29, 1.82) is 0 Å². The van der Waals surface area contributed by atoms with E-state index < -0.39 is 0 Å². The van der Waals surface area contributed by atoms with Crippen molar-refractivity contribution in [3.05, 3.63) is 34.7 Å². The molecule has 1 fully saturated rings. The zero-order chi connectivity index (χ0) is 18.8. The van der Waals surface area contributed by atoms with E-state index in [4.69, 9.17) is 0 Å². The Kier molecular flexibility index (Phi) is 5.15. The normalized spacial score (nSPS) is 15.6. The lowest BCUT2D eigenvalue weighted by Crippen LogP contribution is -2.46. The number of amides is 2. The van der Waals surface area contributed by atoms with Gasteiger partial charge in [-0.3, -0.25) is 14.2 Å². The van der Waals surface area contributed by atoms with E-state index in [1.165, 1.54) is 4.57 Å². The molecule has 1 aromatic heterocycles. The molecular formula is C19H26N4O3. The summed E-state index contributed by atoms with van der Waals surface area (Å²) < 4.78 is 1.47. The molecule has 0 radical (unpaired) electrons. The average molecular weight is 358 g/mol. The number of likely N-dealkylation sites (tertiary alicyclic amines) is 1. The minimum atomic E-state index is -0.275. The molecule has 1 saturated heterocycles. The van der Waals surface area contributed by atoms with E-state index in [1.54, 1.807) is 9.80 Å². The number of nitrogens with one attached hydrogen (secondary N) is 1. The smallest absolute Gasteiger partial charge is 0.326 e. The van der Waals surface area contributed by atoms with Crippen LogP contribution >= 0.6 is 0 Å². The van der Waals surface area contributed by atoms with Crippen LogP contribution in [0.1, 0.15) is 26.7 Å². The number of hydrogen-bond acceptors (Lipinski definition) is 3. The quantitative estimate of drug-likeness (QED) is 0.898. The third kappa shape index (κ3) is 3.52. The lowest BCUT2D eigenvalue weighted by molar-refractivity contribution is -0.141. The van der Waals surface area contributed by atoms with Crippen LogP contribution in [0, 0.1) is 5.92 Å². The van der Waals surface area contributed by atoms with Gasteiger partial charge in [-0.15, -0.1) is 0 Å². The standard InChI is InChI=1S/C19H26N4O3/c1-13(2)21(3)18(25)14-8-10-22(11-9-14)17(24)12-23-16-7-5-4-6-15(16)20-19(23)26/h4-7,13-14H,8-12H2,1-3H3,(H,20,26). The van der Waals surface area contributed by atoms with Crippen LogP contribution in [0.4, 0.5) is 0 Å². The molecule has 7 nitrogen and oxygen atoms in total. The third-order valence-corrected chi connectivity index (χ3v) is 5.29. The Bertz CT molecular complexity index is 859. The van der Waals surface area contributed by atoms with Gasteiger partial charge in [0.1, 0.15) is 6.54 Å².